The van der Waals surface area contributed by atoms with Crippen molar-refractivity contribution < 1.29 is 9.53 Å². The van der Waals surface area contributed by atoms with Crippen LogP contribution in [0.4, 0.5) is 5.69 Å². The summed E-state index contributed by atoms with van der Waals surface area (Å²) >= 11 is 0. The zero-order valence-corrected chi connectivity index (χ0v) is 11.9. The van der Waals surface area contributed by atoms with E-state index in [9.17, 15) is 4.79 Å². The van der Waals surface area contributed by atoms with Gasteiger partial charge in [0.2, 0.25) is 0 Å². The zero-order valence-electron chi connectivity index (χ0n) is 11.9. The second-order valence-corrected chi connectivity index (χ2v) is 6.31. The molecule has 0 unspecified atom stereocenters. The van der Waals surface area contributed by atoms with Crippen molar-refractivity contribution in [3.05, 3.63) is 29.8 Å². The van der Waals surface area contributed by atoms with Crippen LogP contribution in [0.3, 0.4) is 0 Å². The van der Waals surface area contributed by atoms with Crippen LogP contribution in [0.15, 0.2) is 24.3 Å². The number of ether oxygens (including phenoxy) is 1. The summed E-state index contributed by atoms with van der Waals surface area (Å²) in [6, 6.07) is 7.65. The molecule has 108 valence electrons. The molecular formula is C17H23NO2. The van der Waals surface area contributed by atoms with Crippen LogP contribution in [-0.2, 0) is 14.9 Å². The summed E-state index contributed by atoms with van der Waals surface area (Å²) in [6.07, 6.45) is 8.13. The highest BCUT2D eigenvalue weighted by Crippen LogP contribution is 2.49. The number of hydrogen-bond acceptors (Lipinski definition) is 3. The SMILES string of the molecule is Nc1ccc(C2(C(=O)OCC3CCCCC3)CC2)cc1. The molecule has 0 heterocycles. The van der Waals surface area contributed by atoms with Crippen molar-refractivity contribution in [1.82, 2.24) is 0 Å². The van der Waals surface area contributed by atoms with E-state index in [2.05, 4.69) is 0 Å². The van der Waals surface area contributed by atoms with Crippen LogP contribution >= 0.6 is 0 Å². The van der Waals surface area contributed by atoms with E-state index < -0.39 is 0 Å². The van der Waals surface area contributed by atoms with Gasteiger partial charge in [0.25, 0.3) is 0 Å². The third kappa shape index (κ3) is 2.67. The number of benzene rings is 1. The smallest absolute Gasteiger partial charge is 0.316 e. The van der Waals surface area contributed by atoms with Gasteiger partial charge in [0.1, 0.15) is 0 Å². The number of anilines is 1. The summed E-state index contributed by atoms with van der Waals surface area (Å²) in [4.78, 5) is 12.4. The molecule has 0 atom stereocenters. The highest BCUT2D eigenvalue weighted by molar-refractivity contribution is 5.86. The first-order valence-electron chi connectivity index (χ1n) is 7.74. The first-order valence-corrected chi connectivity index (χ1v) is 7.74. The van der Waals surface area contributed by atoms with Gasteiger partial charge in [0.05, 0.1) is 12.0 Å². The lowest BCUT2D eigenvalue weighted by Gasteiger charge is -2.23. The van der Waals surface area contributed by atoms with Crippen LogP contribution in [0.2, 0.25) is 0 Å². The maximum atomic E-state index is 12.4. The molecule has 2 fully saturated rings. The molecule has 3 heteroatoms. The molecule has 2 N–H and O–H groups in total. The Morgan fingerprint density at radius 3 is 2.40 bits per heavy atom. The quantitative estimate of drug-likeness (QED) is 0.675. The van der Waals surface area contributed by atoms with E-state index in [-0.39, 0.29) is 11.4 Å². The largest absolute Gasteiger partial charge is 0.465 e. The summed E-state index contributed by atoms with van der Waals surface area (Å²) < 4.78 is 5.62. The van der Waals surface area contributed by atoms with Gasteiger partial charge in [-0.15, -0.1) is 0 Å². The minimum absolute atomic E-state index is 0.0344. The normalized spacial score (nSPS) is 21.4. The molecule has 0 amide bonds. The molecule has 0 aliphatic heterocycles. The zero-order chi connectivity index (χ0) is 14.0. The van der Waals surface area contributed by atoms with Crippen molar-refractivity contribution >= 4 is 11.7 Å². The van der Waals surface area contributed by atoms with E-state index in [4.69, 9.17) is 10.5 Å². The van der Waals surface area contributed by atoms with E-state index >= 15 is 0 Å². The van der Waals surface area contributed by atoms with Gasteiger partial charge in [-0.3, -0.25) is 4.79 Å². The van der Waals surface area contributed by atoms with Crippen LogP contribution in [0.1, 0.15) is 50.5 Å². The van der Waals surface area contributed by atoms with Crippen molar-refractivity contribution in [2.24, 2.45) is 5.92 Å². The van der Waals surface area contributed by atoms with Crippen LogP contribution in [0.25, 0.3) is 0 Å². The number of esters is 1. The lowest BCUT2D eigenvalue weighted by molar-refractivity contribution is -0.148. The topological polar surface area (TPSA) is 52.3 Å². The minimum atomic E-state index is -0.373. The van der Waals surface area contributed by atoms with Crippen LogP contribution < -0.4 is 5.73 Å². The van der Waals surface area contributed by atoms with Crippen molar-refractivity contribution in [3.8, 4) is 0 Å². The van der Waals surface area contributed by atoms with Gasteiger partial charge < -0.3 is 10.5 Å². The molecule has 3 nitrogen and oxygen atoms in total. The summed E-state index contributed by atoms with van der Waals surface area (Å²) in [5, 5.41) is 0. The van der Waals surface area contributed by atoms with E-state index in [0.717, 1.165) is 24.1 Å². The third-order valence-electron chi connectivity index (χ3n) is 4.78. The van der Waals surface area contributed by atoms with Gasteiger partial charge in [-0.05, 0) is 49.3 Å². The number of nitrogens with two attached hydrogens (primary N) is 1. The Hall–Kier alpha value is -1.51. The number of carbonyl (C=O) groups excluding carboxylic acids is 1. The fraction of sp³-hybridized carbons (Fsp3) is 0.588. The van der Waals surface area contributed by atoms with Gasteiger partial charge in [0.15, 0.2) is 0 Å². The van der Waals surface area contributed by atoms with E-state index in [0.29, 0.717) is 12.5 Å². The molecule has 2 saturated carbocycles. The number of rotatable bonds is 4. The van der Waals surface area contributed by atoms with Gasteiger partial charge in [0, 0.05) is 5.69 Å². The van der Waals surface area contributed by atoms with Crippen LogP contribution in [-0.4, -0.2) is 12.6 Å². The van der Waals surface area contributed by atoms with Crippen LogP contribution in [0.5, 0.6) is 0 Å². The Bertz CT molecular complexity index is 470. The predicted octanol–water partition coefficient (Wildman–Crippen LogP) is 3.42. The van der Waals surface area contributed by atoms with E-state index in [1.807, 2.05) is 24.3 Å². The Labute approximate surface area is 120 Å². The van der Waals surface area contributed by atoms with Gasteiger partial charge in [-0.1, -0.05) is 31.4 Å². The highest BCUT2D eigenvalue weighted by atomic mass is 16.5. The third-order valence-corrected chi connectivity index (χ3v) is 4.78. The molecule has 20 heavy (non-hydrogen) atoms. The summed E-state index contributed by atoms with van der Waals surface area (Å²) in [7, 11) is 0. The Kier molecular flexibility index (Phi) is 3.68. The van der Waals surface area contributed by atoms with Gasteiger partial charge in [-0.2, -0.15) is 0 Å². The van der Waals surface area contributed by atoms with Gasteiger partial charge >= 0.3 is 5.97 Å². The molecule has 0 spiro atoms. The minimum Gasteiger partial charge on any atom is -0.465 e. The van der Waals surface area contributed by atoms with Crippen molar-refractivity contribution in [3.63, 3.8) is 0 Å². The van der Waals surface area contributed by atoms with Crippen LogP contribution in [0, 0.1) is 5.92 Å². The molecule has 3 rings (SSSR count). The lowest BCUT2D eigenvalue weighted by atomic mass is 9.90. The predicted molar refractivity (Wildman–Crippen MR) is 79.3 cm³/mol. The van der Waals surface area contributed by atoms with Crippen molar-refractivity contribution in [2.75, 3.05) is 12.3 Å². The first-order chi connectivity index (χ1) is 9.71. The molecule has 2 aliphatic carbocycles. The average Bonchev–Trinajstić information content (AvgIpc) is 3.28. The molecule has 0 aromatic heterocycles. The Morgan fingerprint density at radius 2 is 1.80 bits per heavy atom. The number of nitrogen functional groups attached to an aromatic ring is 1. The molecule has 1 aromatic rings. The average molecular weight is 273 g/mol. The highest BCUT2D eigenvalue weighted by Gasteiger charge is 2.52. The van der Waals surface area contributed by atoms with E-state index in [1.165, 1.54) is 32.1 Å². The van der Waals surface area contributed by atoms with E-state index in [1.54, 1.807) is 0 Å². The maximum absolute atomic E-state index is 12.4. The maximum Gasteiger partial charge on any atom is 0.316 e. The van der Waals surface area contributed by atoms with Crippen molar-refractivity contribution in [2.45, 2.75) is 50.4 Å². The van der Waals surface area contributed by atoms with Crippen molar-refractivity contribution in [1.29, 1.82) is 0 Å². The fourth-order valence-electron chi connectivity index (χ4n) is 3.22. The van der Waals surface area contributed by atoms with Gasteiger partial charge in [-0.25, -0.2) is 0 Å². The molecule has 2 aliphatic rings. The molecule has 1 aromatic carbocycles. The molecular weight excluding hydrogens is 250 g/mol. The number of carbonyl (C=O) groups is 1. The lowest BCUT2D eigenvalue weighted by Crippen LogP contribution is -2.26. The fourth-order valence-corrected chi connectivity index (χ4v) is 3.22. The Balaban J connectivity index is 1.60. The monoisotopic (exact) mass is 273 g/mol. The molecule has 0 bridgehead atoms. The molecule has 0 radical (unpaired) electrons. The second kappa shape index (κ2) is 5.47. The Morgan fingerprint density at radius 1 is 1.15 bits per heavy atom. The number of hydrogen-bond donors (Lipinski definition) is 1. The summed E-state index contributed by atoms with van der Waals surface area (Å²) in [6.45, 7) is 0.607. The molecule has 0 saturated heterocycles. The summed E-state index contributed by atoms with van der Waals surface area (Å²) in [5.41, 5.74) is 7.13. The first kappa shape index (κ1) is 13.5. The summed E-state index contributed by atoms with van der Waals surface area (Å²) in [5.74, 6) is 0.544. The second-order valence-electron chi connectivity index (χ2n) is 6.31. The standard InChI is InChI=1S/C17H23NO2/c18-15-8-6-14(7-9-15)17(10-11-17)16(19)20-12-13-4-2-1-3-5-13/h6-9,13H,1-5,10-12,18H2.